The first-order chi connectivity index (χ1) is 7.49. The van der Waals surface area contributed by atoms with Crippen LogP contribution in [0.3, 0.4) is 0 Å². The van der Waals surface area contributed by atoms with Crippen molar-refractivity contribution in [2.75, 3.05) is 12.0 Å². The fourth-order valence-corrected chi connectivity index (χ4v) is 2.60. The Balaban J connectivity index is 2.49. The van der Waals surface area contributed by atoms with Crippen molar-refractivity contribution in [3.8, 4) is 0 Å². The Morgan fingerprint density at radius 1 is 1.50 bits per heavy atom. The van der Waals surface area contributed by atoms with E-state index in [0.29, 0.717) is 0 Å². The molecule has 1 atom stereocenters. The predicted molar refractivity (Wildman–Crippen MR) is 64.5 cm³/mol. The summed E-state index contributed by atoms with van der Waals surface area (Å²) < 4.78 is 0. The van der Waals surface area contributed by atoms with Gasteiger partial charge in [0.2, 0.25) is 5.91 Å². The molecule has 2 N–H and O–H groups in total. The predicted octanol–water partition coefficient (Wildman–Crippen LogP) is 1.50. The quantitative estimate of drug-likeness (QED) is 0.744. The van der Waals surface area contributed by atoms with E-state index in [4.69, 9.17) is 5.11 Å². The number of hydrogen-bond acceptors (Lipinski definition) is 3. The minimum absolute atomic E-state index is 0.0182. The van der Waals surface area contributed by atoms with E-state index in [0.717, 1.165) is 25.0 Å². The average molecular weight is 245 g/mol. The molecule has 16 heavy (non-hydrogen) atoms. The van der Waals surface area contributed by atoms with Gasteiger partial charge in [-0.15, -0.1) is 0 Å². The normalized spacial score (nSPS) is 19.6. The molecule has 1 fully saturated rings. The van der Waals surface area contributed by atoms with Gasteiger partial charge < -0.3 is 10.4 Å². The summed E-state index contributed by atoms with van der Waals surface area (Å²) in [5.74, 6) is -0.135. The molecule has 0 aliphatic heterocycles. The molecule has 5 heteroatoms. The second-order valence-electron chi connectivity index (χ2n) is 4.55. The van der Waals surface area contributed by atoms with E-state index in [1.807, 2.05) is 13.2 Å². The van der Waals surface area contributed by atoms with Gasteiger partial charge in [-0.1, -0.05) is 6.92 Å². The van der Waals surface area contributed by atoms with Crippen LogP contribution < -0.4 is 5.32 Å². The average Bonchev–Trinajstić information content (AvgIpc) is 2.13. The summed E-state index contributed by atoms with van der Waals surface area (Å²) >= 11 is 1.63. The Kier molecular flexibility index (Phi) is 4.65. The van der Waals surface area contributed by atoms with Crippen LogP contribution in [0.15, 0.2) is 0 Å². The van der Waals surface area contributed by atoms with E-state index in [1.165, 1.54) is 0 Å². The highest BCUT2D eigenvalue weighted by atomic mass is 32.2. The molecule has 1 rings (SSSR count). The molecule has 0 bridgehead atoms. The third-order valence-corrected chi connectivity index (χ3v) is 3.89. The largest absolute Gasteiger partial charge is 0.481 e. The number of rotatable bonds is 6. The summed E-state index contributed by atoms with van der Waals surface area (Å²) in [6.45, 7) is 1.87. The van der Waals surface area contributed by atoms with Crippen molar-refractivity contribution in [3.05, 3.63) is 0 Å². The second-order valence-corrected chi connectivity index (χ2v) is 5.46. The number of amides is 1. The van der Waals surface area contributed by atoms with Crippen LogP contribution in [0.2, 0.25) is 0 Å². The maximum absolute atomic E-state index is 11.8. The van der Waals surface area contributed by atoms with Crippen molar-refractivity contribution in [2.24, 2.45) is 5.92 Å². The van der Waals surface area contributed by atoms with Crippen LogP contribution in [0.1, 0.15) is 32.6 Å². The molecule has 1 aliphatic rings. The summed E-state index contributed by atoms with van der Waals surface area (Å²) in [5, 5.41) is 11.7. The van der Waals surface area contributed by atoms with Gasteiger partial charge in [-0.2, -0.15) is 11.8 Å². The molecule has 0 saturated heterocycles. The highest BCUT2D eigenvalue weighted by molar-refractivity contribution is 7.98. The van der Waals surface area contributed by atoms with E-state index in [1.54, 1.807) is 11.8 Å². The summed E-state index contributed by atoms with van der Waals surface area (Å²) in [6.07, 6.45) is 4.59. The van der Waals surface area contributed by atoms with Crippen molar-refractivity contribution < 1.29 is 14.7 Å². The number of carboxylic acid groups (broad SMARTS) is 1. The van der Waals surface area contributed by atoms with Crippen molar-refractivity contribution in [3.63, 3.8) is 0 Å². The van der Waals surface area contributed by atoms with Gasteiger partial charge in [-0.3, -0.25) is 9.59 Å². The molecule has 1 amide bonds. The maximum Gasteiger partial charge on any atom is 0.305 e. The SMILES string of the molecule is CSCC(C)C(=O)NC1(CC(=O)O)CCC1. The minimum atomic E-state index is -0.836. The lowest BCUT2D eigenvalue weighted by Crippen LogP contribution is -2.56. The zero-order valence-electron chi connectivity index (χ0n) is 9.78. The third kappa shape index (κ3) is 3.40. The first kappa shape index (κ1) is 13.4. The van der Waals surface area contributed by atoms with E-state index in [-0.39, 0.29) is 18.2 Å². The minimum Gasteiger partial charge on any atom is -0.481 e. The molecular weight excluding hydrogens is 226 g/mol. The molecule has 1 saturated carbocycles. The summed E-state index contributed by atoms with van der Waals surface area (Å²) in [7, 11) is 0. The molecule has 0 radical (unpaired) electrons. The van der Waals surface area contributed by atoms with Crippen molar-refractivity contribution in [1.29, 1.82) is 0 Å². The van der Waals surface area contributed by atoms with Crippen molar-refractivity contribution in [1.82, 2.24) is 5.32 Å². The maximum atomic E-state index is 11.8. The molecule has 1 unspecified atom stereocenters. The van der Waals surface area contributed by atoms with Gasteiger partial charge in [0.1, 0.15) is 0 Å². The van der Waals surface area contributed by atoms with Crippen LogP contribution >= 0.6 is 11.8 Å². The van der Waals surface area contributed by atoms with Gasteiger partial charge >= 0.3 is 5.97 Å². The van der Waals surface area contributed by atoms with Crippen LogP contribution in [0.25, 0.3) is 0 Å². The number of hydrogen-bond donors (Lipinski definition) is 2. The zero-order chi connectivity index (χ0) is 12.2. The Labute approximate surface area is 100 Å². The molecule has 0 aromatic carbocycles. The molecule has 1 aliphatic carbocycles. The standard InChI is InChI=1S/C11H19NO3S/c1-8(7-16-2)10(15)12-11(4-3-5-11)6-9(13)14/h8H,3-7H2,1-2H3,(H,12,15)(H,13,14). The number of carbonyl (C=O) groups excluding carboxylic acids is 1. The first-order valence-electron chi connectivity index (χ1n) is 5.52. The van der Waals surface area contributed by atoms with Gasteiger partial charge in [0.05, 0.1) is 12.0 Å². The van der Waals surface area contributed by atoms with E-state index >= 15 is 0 Å². The van der Waals surface area contributed by atoms with Crippen LogP contribution in [0, 0.1) is 5.92 Å². The zero-order valence-corrected chi connectivity index (χ0v) is 10.6. The molecule has 92 valence electrons. The van der Waals surface area contributed by atoms with Gasteiger partial charge in [0.15, 0.2) is 0 Å². The number of carboxylic acids is 1. The van der Waals surface area contributed by atoms with Crippen LogP contribution in [0.4, 0.5) is 0 Å². The topological polar surface area (TPSA) is 66.4 Å². The Morgan fingerprint density at radius 3 is 2.50 bits per heavy atom. The van der Waals surface area contributed by atoms with Gasteiger partial charge in [0, 0.05) is 11.7 Å². The lowest BCUT2D eigenvalue weighted by atomic mass is 9.74. The van der Waals surface area contributed by atoms with Gasteiger partial charge in [-0.25, -0.2) is 0 Å². The smallest absolute Gasteiger partial charge is 0.305 e. The Morgan fingerprint density at radius 2 is 2.12 bits per heavy atom. The molecule has 0 spiro atoms. The summed E-state index contributed by atoms with van der Waals surface area (Å²) in [6, 6.07) is 0. The molecular formula is C11H19NO3S. The first-order valence-corrected chi connectivity index (χ1v) is 6.91. The van der Waals surface area contributed by atoms with E-state index in [2.05, 4.69) is 5.32 Å². The Hall–Kier alpha value is -0.710. The highest BCUT2D eigenvalue weighted by Gasteiger charge is 2.40. The monoisotopic (exact) mass is 245 g/mol. The van der Waals surface area contributed by atoms with Crippen LogP contribution in [-0.4, -0.2) is 34.5 Å². The Bertz CT molecular complexity index is 276. The molecule has 0 heterocycles. The number of aliphatic carboxylic acids is 1. The fraction of sp³-hybridized carbons (Fsp3) is 0.818. The number of carbonyl (C=O) groups is 2. The highest BCUT2D eigenvalue weighted by Crippen LogP contribution is 2.35. The lowest BCUT2D eigenvalue weighted by Gasteiger charge is -2.42. The van der Waals surface area contributed by atoms with Gasteiger partial charge in [-0.05, 0) is 25.5 Å². The lowest BCUT2D eigenvalue weighted by molar-refractivity contribution is -0.140. The number of nitrogens with one attached hydrogen (secondary N) is 1. The molecule has 4 nitrogen and oxygen atoms in total. The van der Waals surface area contributed by atoms with Crippen molar-refractivity contribution in [2.45, 2.75) is 38.1 Å². The third-order valence-electron chi connectivity index (χ3n) is 3.05. The second kappa shape index (κ2) is 5.57. The number of thioether (sulfide) groups is 1. The van der Waals surface area contributed by atoms with E-state index in [9.17, 15) is 9.59 Å². The van der Waals surface area contributed by atoms with E-state index < -0.39 is 11.5 Å². The van der Waals surface area contributed by atoms with Crippen molar-refractivity contribution >= 4 is 23.6 Å². The fourth-order valence-electron chi connectivity index (χ4n) is 1.95. The van der Waals surface area contributed by atoms with Crippen LogP contribution in [-0.2, 0) is 9.59 Å². The molecule has 0 aromatic heterocycles. The van der Waals surface area contributed by atoms with Gasteiger partial charge in [0.25, 0.3) is 0 Å². The summed E-state index contributed by atoms with van der Waals surface area (Å²) in [4.78, 5) is 22.5. The van der Waals surface area contributed by atoms with Crippen LogP contribution in [0.5, 0.6) is 0 Å². The molecule has 0 aromatic rings. The summed E-state index contributed by atoms with van der Waals surface area (Å²) in [5.41, 5.74) is -0.463.